The van der Waals surface area contributed by atoms with Crippen molar-refractivity contribution in [3.05, 3.63) is 47.4 Å². The van der Waals surface area contributed by atoms with Crippen LogP contribution in [0.25, 0.3) is 11.3 Å². The molecule has 2 aromatic rings. The molecule has 0 radical (unpaired) electrons. The SMILES string of the molecule is FC(F)(F)c1ccc(-c2ccnc(Cl)n2)cc1. The molecule has 0 N–H and O–H groups in total. The predicted molar refractivity (Wildman–Crippen MR) is 57.5 cm³/mol. The summed E-state index contributed by atoms with van der Waals surface area (Å²) in [6.07, 6.45) is -2.88. The second-order valence-electron chi connectivity index (χ2n) is 3.29. The van der Waals surface area contributed by atoms with Crippen LogP contribution in [0.5, 0.6) is 0 Å². The lowest BCUT2D eigenvalue weighted by Gasteiger charge is -2.07. The van der Waals surface area contributed by atoms with Crippen LogP contribution in [0.4, 0.5) is 13.2 Å². The van der Waals surface area contributed by atoms with E-state index in [4.69, 9.17) is 11.6 Å². The predicted octanol–water partition coefficient (Wildman–Crippen LogP) is 3.82. The number of benzene rings is 1. The summed E-state index contributed by atoms with van der Waals surface area (Å²) in [7, 11) is 0. The zero-order chi connectivity index (χ0) is 12.5. The lowest BCUT2D eigenvalue weighted by atomic mass is 10.1. The van der Waals surface area contributed by atoms with E-state index < -0.39 is 11.7 Å². The molecule has 0 bridgehead atoms. The molecule has 6 heteroatoms. The topological polar surface area (TPSA) is 25.8 Å². The maximum atomic E-state index is 12.3. The molecule has 0 amide bonds. The molecule has 0 unspecified atom stereocenters. The van der Waals surface area contributed by atoms with Gasteiger partial charge in [-0.1, -0.05) is 12.1 Å². The second-order valence-corrected chi connectivity index (χ2v) is 3.62. The van der Waals surface area contributed by atoms with Gasteiger partial charge in [-0.2, -0.15) is 13.2 Å². The molecule has 0 saturated heterocycles. The maximum Gasteiger partial charge on any atom is 0.416 e. The van der Waals surface area contributed by atoms with Crippen molar-refractivity contribution in [2.45, 2.75) is 6.18 Å². The van der Waals surface area contributed by atoms with Crippen LogP contribution in [0.2, 0.25) is 5.28 Å². The Morgan fingerprint density at radius 3 is 2.18 bits per heavy atom. The van der Waals surface area contributed by atoms with Crippen LogP contribution in [0.3, 0.4) is 0 Å². The third kappa shape index (κ3) is 2.74. The molecule has 88 valence electrons. The zero-order valence-electron chi connectivity index (χ0n) is 8.37. The fourth-order valence-corrected chi connectivity index (χ4v) is 1.47. The van der Waals surface area contributed by atoms with Gasteiger partial charge in [0.25, 0.3) is 0 Å². The third-order valence-corrected chi connectivity index (χ3v) is 2.32. The van der Waals surface area contributed by atoms with E-state index in [0.717, 1.165) is 12.1 Å². The summed E-state index contributed by atoms with van der Waals surface area (Å²) in [5.41, 5.74) is 0.349. The van der Waals surface area contributed by atoms with Gasteiger partial charge in [-0.25, -0.2) is 9.97 Å². The Hall–Kier alpha value is -1.62. The minimum atomic E-state index is -4.33. The summed E-state index contributed by atoms with van der Waals surface area (Å²) in [6.45, 7) is 0. The van der Waals surface area contributed by atoms with Crippen molar-refractivity contribution in [3.63, 3.8) is 0 Å². The molecule has 2 nitrogen and oxygen atoms in total. The Morgan fingerprint density at radius 2 is 1.65 bits per heavy atom. The molecule has 0 atom stereocenters. The molecular formula is C11H6ClF3N2. The molecule has 0 aliphatic rings. The average molecular weight is 259 g/mol. The van der Waals surface area contributed by atoms with E-state index in [0.29, 0.717) is 11.3 Å². The molecule has 1 heterocycles. The average Bonchev–Trinajstić information content (AvgIpc) is 2.28. The van der Waals surface area contributed by atoms with E-state index in [9.17, 15) is 13.2 Å². The Morgan fingerprint density at radius 1 is 1.00 bits per heavy atom. The van der Waals surface area contributed by atoms with Gasteiger partial charge in [0, 0.05) is 11.8 Å². The summed E-state index contributed by atoms with van der Waals surface area (Å²) in [5.74, 6) is 0. The first-order valence-electron chi connectivity index (χ1n) is 4.63. The molecule has 0 aliphatic carbocycles. The van der Waals surface area contributed by atoms with Crippen molar-refractivity contribution in [3.8, 4) is 11.3 Å². The van der Waals surface area contributed by atoms with Crippen LogP contribution in [-0.4, -0.2) is 9.97 Å². The summed E-state index contributed by atoms with van der Waals surface area (Å²) in [5, 5.41) is 0.0578. The highest BCUT2D eigenvalue weighted by Gasteiger charge is 2.29. The Balaban J connectivity index is 2.36. The van der Waals surface area contributed by atoms with E-state index in [-0.39, 0.29) is 5.28 Å². The van der Waals surface area contributed by atoms with Crippen molar-refractivity contribution in [1.82, 2.24) is 9.97 Å². The van der Waals surface area contributed by atoms with Crippen molar-refractivity contribution in [1.29, 1.82) is 0 Å². The first-order valence-corrected chi connectivity index (χ1v) is 5.01. The highest BCUT2D eigenvalue weighted by atomic mass is 35.5. The van der Waals surface area contributed by atoms with E-state index in [1.165, 1.54) is 18.3 Å². The molecule has 1 aromatic heterocycles. The first kappa shape index (κ1) is 11.9. The maximum absolute atomic E-state index is 12.3. The summed E-state index contributed by atoms with van der Waals surface area (Å²) < 4.78 is 37.0. The van der Waals surface area contributed by atoms with Crippen LogP contribution in [0, 0.1) is 0 Å². The highest BCUT2D eigenvalue weighted by Crippen LogP contribution is 2.30. The first-order chi connectivity index (χ1) is 7.97. The molecule has 17 heavy (non-hydrogen) atoms. The van der Waals surface area contributed by atoms with Crippen LogP contribution in [0.15, 0.2) is 36.5 Å². The molecular weight excluding hydrogens is 253 g/mol. The van der Waals surface area contributed by atoms with E-state index in [1.54, 1.807) is 6.07 Å². The largest absolute Gasteiger partial charge is 0.416 e. The van der Waals surface area contributed by atoms with Crippen LogP contribution >= 0.6 is 11.6 Å². The molecule has 2 rings (SSSR count). The van der Waals surface area contributed by atoms with Gasteiger partial charge in [-0.15, -0.1) is 0 Å². The number of rotatable bonds is 1. The summed E-state index contributed by atoms with van der Waals surface area (Å²) in [6, 6.07) is 6.29. The van der Waals surface area contributed by atoms with Crippen LogP contribution < -0.4 is 0 Å². The number of nitrogens with zero attached hydrogens (tertiary/aromatic N) is 2. The Bertz CT molecular complexity index is 523. The molecule has 0 saturated carbocycles. The Labute approximate surface area is 100 Å². The lowest BCUT2D eigenvalue weighted by Crippen LogP contribution is -2.04. The van der Waals surface area contributed by atoms with Gasteiger partial charge in [-0.05, 0) is 29.8 Å². The number of alkyl halides is 3. The van der Waals surface area contributed by atoms with Crippen molar-refractivity contribution in [2.75, 3.05) is 0 Å². The zero-order valence-corrected chi connectivity index (χ0v) is 9.13. The molecule has 0 aliphatic heterocycles. The fraction of sp³-hybridized carbons (Fsp3) is 0.0909. The number of aromatic nitrogens is 2. The van der Waals surface area contributed by atoms with E-state index in [2.05, 4.69) is 9.97 Å². The minimum absolute atomic E-state index is 0.0578. The van der Waals surface area contributed by atoms with Crippen LogP contribution in [0.1, 0.15) is 5.56 Å². The van der Waals surface area contributed by atoms with Gasteiger partial charge in [-0.3, -0.25) is 0 Å². The number of hydrogen-bond acceptors (Lipinski definition) is 2. The highest BCUT2D eigenvalue weighted by molar-refractivity contribution is 6.28. The third-order valence-electron chi connectivity index (χ3n) is 2.13. The minimum Gasteiger partial charge on any atom is -0.226 e. The van der Waals surface area contributed by atoms with Gasteiger partial charge in [0.1, 0.15) is 0 Å². The normalized spacial score (nSPS) is 11.5. The molecule has 0 spiro atoms. The monoisotopic (exact) mass is 258 g/mol. The van der Waals surface area contributed by atoms with Gasteiger partial charge in [0.15, 0.2) is 0 Å². The van der Waals surface area contributed by atoms with E-state index >= 15 is 0 Å². The van der Waals surface area contributed by atoms with Gasteiger partial charge in [0.05, 0.1) is 11.3 Å². The van der Waals surface area contributed by atoms with Crippen LogP contribution in [-0.2, 0) is 6.18 Å². The number of halogens is 4. The van der Waals surface area contributed by atoms with Crippen molar-refractivity contribution >= 4 is 11.6 Å². The summed E-state index contributed by atoms with van der Waals surface area (Å²) >= 11 is 5.60. The number of hydrogen-bond donors (Lipinski definition) is 0. The standard InChI is InChI=1S/C11H6ClF3N2/c12-10-16-6-5-9(17-10)7-1-3-8(4-2-7)11(13,14)15/h1-6H. The smallest absolute Gasteiger partial charge is 0.226 e. The van der Waals surface area contributed by atoms with Gasteiger partial charge < -0.3 is 0 Å². The van der Waals surface area contributed by atoms with Gasteiger partial charge >= 0.3 is 6.18 Å². The summed E-state index contributed by atoms with van der Waals surface area (Å²) in [4.78, 5) is 7.60. The molecule has 1 aromatic carbocycles. The lowest BCUT2D eigenvalue weighted by molar-refractivity contribution is -0.137. The Kier molecular flexibility index (Phi) is 3.02. The van der Waals surface area contributed by atoms with Gasteiger partial charge in [0.2, 0.25) is 5.28 Å². The second kappa shape index (κ2) is 4.33. The van der Waals surface area contributed by atoms with E-state index in [1.807, 2.05) is 0 Å². The quantitative estimate of drug-likeness (QED) is 0.727. The van der Waals surface area contributed by atoms with Crippen molar-refractivity contribution in [2.24, 2.45) is 0 Å². The molecule has 0 fully saturated rings. The van der Waals surface area contributed by atoms with Crippen molar-refractivity contribution < 1.29 is 13.2 Å². The fourth-order valence-electron chi connectivity index (χ4n) is 1.33.